The Bertz CT molecular complexity index is 409. The van der Waals surface area contributed by atoms with Crippen LogP contribution in [0, 0.1) is 23.6 Å². The Morgan fingerprint density at radius 3 is 2.76 bits per heavy atom. The molecule has 0 heterocycles. The minimum Gasteiger partial charge on any atom is -0.381 e. The van der Waals surface area contributed by atoms with Crippen LogP contribution in [0.1, 0.15) is 32.3 Å². The lowest BCUT2D eigenvalue weighted by molar-refractivity contribution is 0.0904. The summed E-state index contributed by atoms with van der Waals surface area (Å²) in [7, 11) is 0. The largest absolute Gasteiger partial charge is 0.381 e. The summed E-state index contributed by atoms with van der Waals surface area (Å²) >= 11 is 0. The Balaban J connectivity index is 1.80. The Labute approximate surface area is 128 Å². The average molecular weight is 293 g/mol. The first-order chi connectivity index (χ1) is 10.1. The van der Waals surface area contributed by atoms with Crippen LogP contribution in [0.25, 0.3) is 0 Å². The van der Waals surface area contributed by atoms with Gasteiger partial charge in [-0.25, -0.2) is 4.39 Å². The van der Waals surface area contributed by atoms with Gasteiger partial charge in [-0.3, -0.25) is 0 Å². The molecular formula is C18H28FNO. The van der Waals surface area contributed by atoms with Gasteiger partial charge in [0.25, 0.3) is 0 Å². The van der Waals surface area contributed by atoms with Crippen molar-refractivity contribution in [2.24, 2.45) is 17.8 Å². The van der Waals surface area contributed by atoms with Crippen LogP contribution < -0.4 is 5.32 Å². The highest BCUT2D eigenvalue weighted by molar-refractivity contribution is 5.16. The van der Waals surface area contributed by atoms with E-state index in [9.17, 15) is 4.39 Å². The van der Waals surface area contributed by atoms with Crippen LogP contribution in [-0.2, 0) is 11.2 Å². The van der Waals surface area contributed by atoms with Crippen molar-refractivity contribution in [3.8, 4) is 0 Å². The van der Waals surface area contributed by atoms with Crippen molar-refractivity contribution in [3.05, 3.63) is 35.6 Å². The van der Waals surface area contributed by atoms with E-state index in [1.54, 1.807) is 12.1 Å². The highest BCUT2D eigenvalue weighted by atomic mass is 19.1. The van der Waals surface area contributed by atoms with Crippen LogP contribution >= 0.6 is 0 Å². The number of ether oxygens (including phenoxy) is 1. The summed E-state index contributed by atoms with van der Waals surface area (Å²) in [6.45, 7) is 8.01. The second-order valence-electron chi connectivity index (χ2n) is 6.73. The van der Waals surface area contributed by atoms with Crippen molar-refractivity contribution >= 4 is 0 Å². The van der Waals surface area contributed by atoms with Crippen molar-refractivity contribution in [3.63, 3.8) is 0 Å². The number of halogens is 1. The van der Waals surface area contributed by atoms with Crippen LogP contribution in [-0.4, -0.2) is 26.3 Å². The highest BCUT2D eigenvalue weighted by Gasteiger charge is 2.22. The summed E-state index contributed by atoms with van der Waals surface area (Å²) in [6.07, 6.45) is 3.51. The van der Waals surface area contributed by atoms with Gasteiger partial charge in [0.2, 0.25) is 0 Å². The van der Waals surface area contributed by atoms with Crippen LogP contribution in [0.5, 0.6) is 0 Å². The van der Waals surface area contributed by atoms with Crippen LogP contribution in [0.15, 0.2) is 24.3 Å². The second kappa shape index (κ2) is 8.50. The predicted molar refractivity (Wildman–Crippen MR) is 84.8 cm³/mol. The van der Waals surface area contributed by atoms with Crippen LogP contribution in [0.2, 0.25) is 0 Å². The van der Waals surface area contributed by atoms with E-state index >= 15 is 0 Å². The zero-order valence-corrected chi connectivity index (χ0v) is 13.3. The molecule has 0 aromatic heterocycles. The van der Waals surface area contributed by atoms with Gasteiger partial charge in [-0.1, -0.05) is 26.0 Å². The molecule has 1 aromatic rings. The Morgan fingerprint density at radius 2 is 2.10 bits per heavy atom. The molecule has 1 N–H and O–H groups in total. The van der Waals surface area contributed by atoms with E-state index in [0.29, 0.717) is 11.8 Å². The number of rotatable bonds is 10. The molecule has 0 spiro atoms. The quantitative estimate of drug-likeness (QED) is 0.711. The lowest BCUT2D eigenvalue weighted by Gasteiger charge is -2.19. The fourth-order valence-electron chi connectivity index (χ4n) is 2.45. The Hall–Kier alpha value is -0.930. The van der Waals surface area contributed by atoms with E-state index in [0.717, 1.165) is 44.2 Å². The van der Waals surface area contributed by atoms with Gasteiger partial charge in [-0.15, -0.1) is 0 Å². The third kappa shape index (κ3) is 7.05. The van der Waals surface area contributed by atoms with Crippen molar-refractivity contribution < 1.29 is 9.13 Å². The fourth-order valence-corrected chi connectivity index (χ4v) is 2.45. The second-order valence-corrected chi connectivity index (χ2v) is 6.73. The summed E-state index contributed by atoms with van der Waals surface area (Å²) in [5, 5.41) is 3.50. The molecule has 1 fully saturated rings. The molecule has 0 amide bonds. The lowest BCUT2D eigenvalue weighted by Crippen LogP contribution is -2.30. The maximum absolute atomic E-state index is 13.3. The summed E-state index contributed by atoms with van der Waals surface area (Å²) < 4.78 is 19.1. The molecule has 118 valence electrons. The Kier molecular flexibility index (Phi) is 6.65. The summed E-state index contributed by atoms with van der Waals surface area (Å²) in [6, 6.07) is 6.92. The normalized spacial score (nSPS) is 16.4. The summed E-state index contributed by atoms with van der Waals surface area (Å²) in [4.78, 5) is 0. The van der Waals surface area contributed by atoms with E-state index < -0.39 is 0 Å². The molecule has 3 heteroatoms. The van der Waals surface area contributed by atoms with Crippen molar-refractivity contribution in [2.45, 2.75) is 33.1 Å². The zero-order chi connectivity index (χ0) is 15.1. The first kappa shape index (κ1) is 16.4. The molecule has 1 atom stereocenters. The molecule has 0 radical (unpaired) electrons. The first-order valence-electron chi connectivity index (χ1n) is 8.16. The van der Waals surface area contributed by atoms with E-state index in [1.807, 2.05) is 6.07 Å². The first-order valence-corrected chi connectivity index (χ1v) is 8.16. The van der Waals surface area contributed by atoms with Crippen molar-refractivity contribution in [1.29, 1.82) is 0 Å². The fraction of sp³-hybridized carbons (Fsp3) is 0.667. The number of nitrogens with one attached hydrogen (secondary N) is 1. The Morgan fingerprint density at radius 1 is 1.29 bits per heavy atom. The summed E-state index contributed by atoms with van der Waals surface area (Å²) in [5.41, 5.74) is 1.06. The molecular weight excluding hydrogens is 265 g/mol. The number of hydrogen-bond acceptors (Lipinski definition) is 2. The molecule has 1 aliphatic rings. The van der Waals surface area contributed by atoms with E-state index in [4.69, 9.17) is 4.74 Å². The third-order valence-corrected chi connectivity index (χ3v) is 3.80. The molecule has 2 rings (SSSR count). The maximum atomic E-state index is 13.3. The minimum atomic E-state index is -0.153. The third-order valence-electron chi connectivity index (χ3n) is 3.80. The van der Waals surface area contributed by atoms with Gasteiger partial charge < -0.3 is 10.1 Å². The van der Waals surface area contributed by atoms with Crippen molar-refractivity contribution in [2.75, 3.05) is 26.3 Å². The van der Waals surface area contributed by atoms with E-state index in [2.05, 4.69) is 19.2 Å². The molecule has 0 saturated heterocycles. The van der Waals surface area contributed by atoms with Gasteiger partial charge in [0.1, 0.15) is 5.82 Å². The molecule has 2 nitrogen and oxygen atoms in total. The predicted octanol–water partition coefficient (Wildman–Crippen LogP) is 3.66. The highest BCUT2D eigenvalue weighted by Crippen LogP contribution is 2.29. The lowest BCUT2D eigenvalue weighted by atomic mass is 9.99. The maximum Gasteiger partial charge on any atom is 0.123 e. The monoisotopic (exact) mass is 293 g/mol. The van der Waals surface area contributed by atoms with Gasteiger partial charge in [0, 0.05) is 13.2 Å². The van der Waals surface area contributed by atoms with Gasteiger partial charge >= 0.3 is 0 Å². The van der Waals surface area contributed by atoms with E-state index in [-0.39, 0.29) is 5.82 Å². The van der Waals surface area contributed by atoms with E-state index in [1.165, 1.54) is 18.9 Å². The van der Waals surface area contributed by atoms with Crippen molar-refractivity contribution in [1.82, 2.24) is 5.32 Å². The number of benzene rings is 1. The van der Waals surface area contributed by atoms with Crippen LogP contribution in [0.4, 0.5) is 4.39 Å². The number of hydrogen-bond donors (Lipinski definition) is 1. The standard InChI is InChI=1S/C18H28FNO/c1-14(2)10-20-11-17(13-21-12-15-6-7-15)8-16-4-3-5-18(19)9-16/h3-5,9,14-15,17,20H,6-8,10-13H2,1-2H3. The van der Waals surface area contributed by atoms with Crippen LogP contribution in [0.3, 0.4) is 0 Å². The zero-order valence-electron chi connectivity index (χ0n) is 13.3. The molecule has 1 unspecified atom stereocenters. The molecule has 0 bridgehead atoms. The van der Waals surface area contributed by atoms with Gasteiger partial charge in [-0.05, 0) is 61.3 Å². The molecule has 1 aliphatic carbocycles. The van der Waals surface area contributed by atoms with Gasteiger partial charge in [0.05, 0.1) is 6.61 Å². The average Bonchev–Trinajstić information content (AvgIpc) is 3.22. The smallest absolute Gasteiger partial charge is 0.123 e. The molecule has 1 saturated carbocycles. The topological polar surface area (TPSA) is 21.3 Å². The molecule has 21 heavy (non-hydrogen) atoms. The van der Waals surface area contributed by atoms with Gasteiger partial charge in [-0.2, -0.15) is 0 Å². The minimum absolute atomic E-state index is 0.153. The van der Waals surface area contributed by atoms with Gasteiger partial charge in [0.15, 0.2) is 0 Å². The molecule has 1 aromatic carbocycles. The molecule has 0 aliphatic heterocycles. The summed E-state index contributed by atoms with van der Waals surface area (Å²) in [5.74, 6) is 1.69. The SMILES string of the molecule is CC(C)CNCC(COCC1CC1)Cc1cccc(F)c1.